The lowest BCUT2D eigenvalue weighted by molar-refractivity contribution is -0.0645. The molecule has 27 heavy (non-hydrogen) atoms. The van der Waals surface area contributed by atoms with Gasteiger partial charge >= 0.3 is 0 Å². The third kappa shape index (κ3) is 4.70. The second-order valence-corrected chi connectivity index (χ2v) is 7.47. The second-order valence-electron chi connectivity index (χ2n) is 6.16. The number of ether oxygens (including phenoxy) is 3. The molecule has 1 aromatic heterocycles. The number of hydrogen-bond donors (Lipinski definition) is 0. The molecule has 1 fully saturated rings. The lowest BCUT2D eigenvalue weighted by atomic mass is 10.1. The van der Waals surface area contributed by atoms with Gasteiger partial charge in [-0.05, 0) is 41.2 Å². The summed E-state index contributed by atoms with van der Waals surface area (Å²) < 4.78 is 22.1. The molecule has 0 amide bonds. The number of aromatic nitrogens is 2. The molecule has 4 rings (SSSR count). The Kier molecular flexibility index (Phi) is 5.49. The molecule has 0 saturated carbocycles. The van der Waals surface area contributed by atoms with E-state index in [9.17, 15) is 0 Å². The zero-order valence-corrected chi connectivity index (χ0v) is 16.2. The van der Waals surface area contributed by atoms with Gasteiger partial charge in [0.1, 0.15) is 35.0 Å². The third-order valence-corrected chi connectivity index (χ3v) is 5.17. The van der Waals surface area contributed by atoms with Gasteiger partial charge in [-0.2, -0.15) is 0 Å². The summed E-state index contributed by atoms with van der Waals surface area (Å²) in [5.41, 5.74) is 1.35. The molecule has 1 aliphatic heterocycles. The minimum Gasteiger partial charge on any atom is -0.487 e. The summed E-state index contributed by atoms with van der Waals surface area (Å²) in [6.07, 6.45) is 8.39. The highest BCUT2D eigenvalue weighted by molar-refractivity contribution is 8.13. The zero-order chi connectivity index (χ0) is 18.7. The van der Waals surface area contributed by atoms with E-state index in [-0.39, 0.29) is 6.10 Å². The van der Waals surface area contributed by atoms with E-state index in [4.69, 9.17) is 30.4 Å². The zero-order valence-electron chi connectivity index (χ0n) is 14.6. The van der Waals surface area contributed by atoms with Gasteiger partial charge in [-0.25, -0.2) is 4.63 Å². The Balaban J connectivity index is 1.32. The molecule has 142 valence electrons. The van der Waals surface area contributed by atoms with Crippen molar-refractivity contribution in [3.8, 4) is 5.75 Å². The fraction of sp³-hybridized carbons (Fsp3) is 0.389. The molecule has 0 bridgehead atoms. The quantitative estimate of drug-likeness (QED) is 0.394. The molecule has 2 aliphatic rings. The van der Waals surface area contributed by atoms with Crippen LogP contribution in [0.25, 0.3) is 11.0 Å². The SMILES string of the molecule is CSC(COc1ccc2nonc2c1)=NCC1(OC2C=CC(Cl)=CC2)CO1. The average molecular weight is 408 g/mol. The van der Waals surface area contributed by atoms with E-state index in [1.807, 2.05) is 30.6 Å². The van der Waals surface area contributed by atoms with Gasteiger partial charge in [0.05, 0.1) is 12.6 Å². The number of nitrogens with zero attached hydrogens (tertiary/aromatic N) is 3. The van der Waals surface area contributed by atoms with Crippen molar-refractivity contribution in [1.82, 2.24) is 10.3 Å². The number of rotatable bonds is 7. The summed E-state index contributed by atoms with van der Waals surface area (Å²) in [5, 5.41) is 9.18. The Morgan fingerprint density at radius 3 is 3.00 bits per heavy atom. The monoisotopic (exact) mass is 407 g/mol. The summed E-state index contributed by atoms with van der Waals surface area (Å²) in [7, 11) is 0. The Hall–Kier alpha value is -1.87. The molecule has 0 radical (unpaired) electrons. The van der Waals surface area contributed by atoms with Crippen LogP contribution >= 0.6 is 23.4 Å². The van der Waals surface area contributed by atoms with E-state index in [2.05, 4.69) is 15.3 Å². The van der Waals surface area contributed by atoms with Crippen molar-refractivity contribution in [2.24, 2.45) is 4.99 Å². The first-order valence-electron chi connectivity index (χ1n) is 8.44. The van der Waals surface area contributed by atoms with E-state index in [1.54, 1.807) is 12.1 Å². The predicted molar refractivity (Wildman–Crippen MR) is 104 cm³/mol. The van der Waals surface area contributed by atoms with E-state index >= 15 is 0 Å². The van der Waals surface area contributed by atoms with Gasteiger partial charge in [0, 0.05) is 11.1 Å². The van der Waals surface area contributed by atoms with Crippen LogP contribution < -0.4 is 4.74 Å². The number of allylic oxidation sites excluding steroid dienone is 2. The molecule has 2 aromatic rings. The molecular weight excluding hydrogens is 390 g/mol. The lowest BCUT2D eigenvalue weighted by Gasteiger charge is -2.20. The summed E-state index contributed by atoms with van der Waals surface area (Å²) >= 11 is 7.47. The first-order chi connectivity index (χ1) is 13.2. The van der Waals surface area contributed by atoms with Crippen molar-refractivity contribution in [3.05, 3.63) is 41.5 Å². The second kappa shape index (κ2) is 8.02. The molecule has 9 heteroatoms. The minimum absolute atomic E-state index is 0.0398. The van der Waals surface area contributed by atoms with Crippen molar-refractivity contribution in [3.63, 3.8) is 0 Å². The minimum atomic E-state index is -0.640. The average Bonchev–Trinajstić information content (AvgIpc) is 3.28. The fourth-order valence-corrected chi connectivity index (χ4v) is 3.12. The largest absolute Gasteiger partial charge is 0.487 e. The van der Waals surface area contributed by atoms with Gasteiger partial charge in [0.25, 0.3) is 0 Å². The highest BCUT2D eigenvalue weighted by atomic mass is 35.5. The molecule has 2 atom stereocenters. The molecule has 2 heterocycles. The molecule has 7 nitrogen and oxygen atoms in total. The first kappa shape index (κ1) is 18.5. The maximum atomic E-state index is 6.04. The highest BCUT2D eigenvalue weighted by Gasteiger charge is 2.48. The molecule has 1 aliphatic carbocycles. The van der Waals surface area contributed by atoms with Crippen molar-refractivity contribution in [1.29, 1.82) is 0 Å². The maximum Gasteiger partial charge on any atom is 0.212 e. The standard InChI is InChI=1S/C18H18ClN3O4S/c1-27-17(9-23-14-6-7-15-16(8-14)22-26-21-15)20-10-18(11-24-18)25-13-4-2-12(19)3-5-13/h2-4,6-8,13H,5,9-11H2,1H3. The number of epoxide rings is 1. The summed E-state index contributed by atoms with van der Waals surface area (Å²) in [4.78, 5) is 4.62. The van der Waals surface area contributed by atoms with Crippen LogP contribution in [0.1, 0.15) is 6.42 Å². The Morgan fingerprint density at radius 1 is 1.41 bits per heavy atom. The van der Waals surface area contributed by atoms with Gasteiger partial charge < -0.3 is 14.2 Å². The third-order valence-electron chi connectivity index (χ3n) is 4.17. The fourth-order valence-electron chi connectivity index (χ4n) is 2.59. The number of thioether (sulfide) groups is 1. The van der Waals surface area contributed by atoms with Gasteiger partial charge in [0.15, 0.2) is 0 Å². The maximum absolute atomic E-state index is 6.04. The Labute approximate surface area is 165 Å². The number of halogens is 1. The number of benzene rings is 1. The van der Waals surface area contributed by atoms with E-state index in [0.29, 0.717) is 36.5 Å². The van der Waals surface area contributed by atoms with Gasteiger partial charge in [-0.1, -0.05) is 23.8 Å². The molecule has 0 N–H and O–H groups in total. The van der Waals surface area contributed by atoms with Crippen LogP contribution in [-0.4, -0.2) is 53.3 Å². The highest BCUT2D eigenvalue weighted by Crippen LogP contribution is 2.33. The number of fused-ring (bicyclic) bond motifs is 1. The first-order valence-corrected chi connectivity index (χ1v) is 10.0. The van der Waals surface area contributed by atoms with Gasteiger partial charge in [0.2, 0.25) is 5.79 Å². The van der Waals surface area contributed by atoms with Crippen LogP contribution in [-0.2, 0) is 9.47 Å². The Bertz CT molecular complexity index is 907. The summed E-state index contributed by atoms with van der Waals surface area (Å²) in [6.45, 7) is 1.33. The molecule has 2 unspecified atom stereocenters. The van der Waals surface area contributed by atoms with Crippen LogP contribution in [0.3, 0.4) is 0 Å². The van der Waals surface area contributed by atoms with Crippen LogP contribution in [0.2, 0.25) is 0 Å². The van der Waals surface area contributed by atoms with E-state index < -0.39 is 5.79 Å². The van der Waals surface area contributed by atoms with E-state index in [0.717, 1.165) is 16.5 Å². The van der Waals surface area contributed by atoms with Gasteiger partial charge in [-0.3, -0.25) is 4.99 Å². The lowest BCUT2D eigenvalue weighted by Crippen LogP contribution is -2.28. The van der Waals surface area contributed by atoms with Crippen molar-refractivity contribution in [2.45, 2.75) is 18.3 Å². The molecule has 0 spiro atoms. The number of aliphatic imine (C=N–C) groups is 1. The molecule has 1 aromatic carbocycles. The predicted octanol–water partition coefficient (Wildman–Crippen LogP) is 3.56. The normalized spacial score (nSPS) is 24.9. The summed E-state index contributed by atoms with van der Waals surface area (Å²) in [6, 6.07) is 5.41. The van der Waals surface area contributed by atoms with Gasteiger partial charge in [-0.15, -0.1) is 11.8 Å². The number of hydrogen-bond acceptors (Lipinski definition) is 8. The molecule has 1 saturated heterocycles. The van der Waals surface area contributed by atoms with Crippen LogP contribution in [0.4, 0.5) is 0 Å². The van der Waals surface area contributed by atoms with Crippen LogP contribution in [0.5, 0.6) is 5.75 Å². The summed E-state index contributed by atoms with van der Waals surface area (Å²) in [5.74, 6) is 0.0449. The van der Waals surface area contributed by atoms with Crippen LogP contribution in [0, 0.1) is 0 Å². The van der Waals surface area contributed by atoms with Crippen molar-refractivity contribution in [2.75, 3.05) is 26.0 Å². The van der Waals surface area contributed by atoms with Crippen molar-refractivity contribution >= 4 is 39.4 Å². The van der Waals surface area contributed by atoms with Crippen molar-refractivity contribution < 1.29 is 18.8 Å². The van der Waals surface area contributed by atoms with E-state index in [1.165, 1.54) is 11.8 Å². The Morgan fingerprint density at radius 2 is 2.26 bits per heavy atom. The smallest absolute Gasteiger partial charge is 0.212 e. The molecular formula is C18H18ClN3O4S. The van der Waals surface area contributed by atoms with Crippen LogP contribution in [0.15, 0.2) is 51.1 Å². The topological polar surface area (TPSA) is 82.3 Å².